The molecule has 2 aromatic rings. The average molecular weight is 356 g/mol. The summed E-state index contributed by atoms with van der Waals surface area (Å²) in [7, 11) is 0. The summed E-state index contributed by atoms with van der Waals surface area (Å²) in [5.41, 5.74) is 1.92. The number of hydrogen-bond donors (Lipinski definition) is 1. The van der Waals surface area contributed by atoms with Crippen molar-refractivity contribution in [3.8, 4) is 0 Å². The van der Waals surface area contributed by atoms with E-state index < -0.39 is 0 Å². The van der Waals surface area contributed by atoms with Crippen LogP contribution in [-0.4, -0.2) is 29.3 Å². The van der Waals surface area contributed by atoms with Gasteiger partial charge in [-0.3, -0.25) is 9.59 Å². The molecule has 0 saturated carbocycles. The van der Waals surface area contributed by atoms with E-state index in [2.05, 4.69) is 23.7 Å². The van der Waals surface area contributed by atoms with Gasteiger partial charge in [0.2, 0.25) is 5.91 Å². The second kappa shape index (κ2) is 7.83. The summed E-state index contributed by atoms with van der Waals surface area (Å²) in [6.07, 6.45) is 2.18. The first kappa shape index (κ1) is 17.7. The Morgan fingerprint density at radius 3 is 2.76 bits per heavy atom. The number of rotatable bonds is 5. The van der Waals surface area contributed by atoms with Gasteiger partial charge in [-0.15, -0.1) is 11.3 Å². The summed E-state index contributed by atoms with van der Waals surface area (Å²) in [6.45, 7) is 4.78. The number of nitrogens with zero attached hydrogens (tertiary/aromatic N) is 1. The molecular formula is C20H24N2O2S. The minimum Gasteiger partial charge on any atom is -0.349 e. The molecule has 2 atom stereocenters. The lowest BCUT2D eigenvalue weighted by molar-refractivity contribution is -0.134. The van der Waals surface area contributed by atoms with Crippen LogP contribution in [-0.2, 0) is 11.2 Å². The first-order valence-electron chi connectivity index (χ1n) is 8.81. The summed E-state index contributed by atoms with van der Waals surface area (Å²) < 4.78 is 0. The van der Waals surface area contributed by atoms with Crippen LogP contribution in [0.25, 0.3) is 0 Å². The highest BCUT2D eigenvalue weighted by Crippen LogP contribution is 2.35. The Morgan fingerprint density at radius 1 is 1.28 bits per heavy atom. The van der Waals surface area contributed by atoms with Gasteiger partial charge in [0.25, 0.3) is 5.91 Å². The van der Waals surface area contributed by atoms with Gasteiger partial charge < -0.3 is 10.2 Å². The van der Waals surface area contributed by atoms with Crippen LogP contribution in [0.3, 0.4) is 0 Å². The first-order valence-corrected chi connectivity index (χ1v) is 9.69. The van der Waals surface area contributed by atoms with Gasteiger partial charge in [0.1, 0.15) is 0 Å². The topological polar surface area (TPSA) is 49.4 Å². The molecule has 0 radical (unpaired) electrons. The molecule has 25 heavy (non-hydrogen) atoms. The maximum atomic E-state index is 12.8. The van der Waals surface area contributed by atoms with E-state index in [1.54, 1.807) is 23.5 Å². The fourth-order valence-corrected chi connectivity index (χ4v) is 4.39. The van der Waals surface area contributed by atoms with Crippen LogP contribution in [0.5, 0.6) is 0 Å². The van der Waals surface area contributed by atoms with Crippen molar-refractivity contribution in [1.82, 2.24) is 10.2 Å². The molecule has 0 aliphatic carbocycles. The molecule has 0 unspecified atom stereocenters. The molecule has 2 amide bonds. The summed E-state index contributed by atoms with van der Waals surface area (Å²) in [6, 6.07) is 11.2. The monoisotopic (exact) mass is 356 g/mol. The van der Waals surface area contributed by atoms with Crippen LogP contribution >= 0.6 is 11.3 Å². The summed E-state index contributed by atoms with van der Waals surface area (Å²) in [5.74, 6) is -0.0173. The number of fused-ring (bicyclic) bond motifs is 1. The van der Waals surface area contributed by atoms with E-state index in [1.165, 1.54) is 10.4 Å². The predicted octanol–water partition coefficient (Wildman–Crippen LogP) is 3.79. The normalized spacial score (nSPS) is 17.7. The molecule has 0 fully saturated rings. The van der Waals surface area contributed by atoms with Crippen LogP contribution in [0.4, 0.5) is 0 Å². The van der Waals surface area contributed by atoms with E-state index in [-0.39, 0.29) is 23.9 Å². The molecule has 132 valence electrons. The Balaban J connectivity index is 1.61. The maximum absolute atomic E-state index is 12.8. The molecular weight excluding hydrogens is 332 g/mol. The van der Waals surface area contributed by atoms with Crippen molar-refractivity contribution in [2.24, 2.45) is 0 Å². The van der Waals surface area contributed by atoms with Crippen molar-refractivity contribution >= 4 is 23.2 Å². The molecule has 5 heteroatoms. The zero-order valence-electron chi connectivity index (χ0n) is 14.7. The molecule has 4 nitrogen and oxygen atoms in total. The third kappa shape index (κ3) is 3.93. The standard InChI is InChI=1S/C20H24N2O2S/c1-3-17-16-10-12-25-18(16)9-11-22(17)19(23)13-14(2)21-20(24)15-7-5-4-6-8-15/h4-8,10,12,14,17H,3,9,11,13H2,1-2H3,(H,21,24)/t14-,17-/m1/s1. The number of carbonyl (C=O) groups excluding carboxylic acids is 2. The molecule has 1 aliphatic heterocycles. The second-order valence-corrected chi connectivity index (χ2v) is 7.51. The molecule has 0 spiro atoms. The number of thiophene rings is 1. The first-order chi connectivity index (χ1) is 12.1. The summed E-state index contributed by atoms with van der Waals surface area (Å²) >= 11 is 1.78. The van der Waals surface area contributed by atoms with Gasteiger partial charge in [-0.1, -0.05) is 25.1 Å². The zero-order valence-corrected chi connectivity index (χ0v) is 15.5. The molecule has 3 rings (SSSR count). The smallest absolute Gasteiger partial charge is 0.251 e. The molecule has 1 aromatic carbocycles. The quantitative estimate of drug-likeness (QED) is 0.886. The van der Waals surface area contributed by atoms with E-state index in [0.717, 1.165) is 19.4 Å². The van der Waals surface area contributed by atoms with Crippen LogP contribution in [0.1, 0.15) is 53.5 Å². The van der Waals surface area contributed by atoms with Crippen LogP contribution in [0.2, 0.25) is 0 Å². The largest absolute Gasteiger partial charge is 0.349 e. The van der Waals surface area contributed by atoms with Crippen molar-refractivity contribution < 1.29 is 9.59 Å². The highest BCUT2D eigenvalue weighted by molar-refractivity contribution is 7.10. The van der Waals surface area contributed by atoms with Gasteiger partial charge in [-0.25, -0.2) is 0 Å². The minimum atomic E-state index is -0.193. The molecule has 2 heterocycles. The Kier molecular flexibility index (Phi) is 5.53. The third-order valence-corrected chi connectivity index (χ3v) is 5.69. The molecule has 1 aromatic heterocycles. The number of nitrogens with one attached hydrogen (secondary N) is 1. The van der Waals surface area contributed by atoms with Crippen molar-refractivity contribution in [2.45, 2.75) is 45.2 Å². The Labute approximate surface area is 152 Å². The molecule has 0 bridgehead atoms. The van der Waals surface area contributed by atoms with Crippen LogP contribution in [0, 0.1) is 0 Å². The Morgan fingerprint density at radius 2 is 2.04 bits per heavy atom. The van der Waals surface area contributed by atoms with Gasteiger partial charge in [0.15, 0.2) is 0 Å². The summed E-state index contributed by atoms with van der Waals surface area (Å²) in [4.78, 5) is 28.4. The van der Waals surface area contributed by atoms with Gasteiger partial charge >= 0.3 is 0 Å². The van der Waals surface area contributed by atoms with Crippen molar-refractivity contribution in [3.05, 3.63) is 57.8 Å². The third-order valence-electron chi connectivity index (χ3n) is 4.70. The average Bonchev–Trinajstić information content (AvgIpc) is 3.10. The van der Waals surface area contributed by atoms with Gasteiger partial charge in [-0.2, -0.15) is 0 Å². The van der Waals surface area contributed by atoms with Crippen molar-refractivity contribution in [1.29, 1.82) is 0 Å². The molecule has 1 aliphatic rings. The zero-order chi connectivity index (χ0) is 17.8. The second-order valence-electron chi connectivity index (χ2n) is 6.50. The lowest BCUT2D eigenvalue weighted by Crippen LogP contribution is -2.43. The highest BCUT2D eigenvalue weighted by Gasteiger charge is 2.30. The maximum Gasteiger partial charge on any atom is 0.251 e. The number of carbonyl (C=O) groups is 2. The predicted molar refractivity (Wildman–Crippen MR) is 101 cm³/mol. The summed E-state index contributed by atoms with van der Waals surface area (Å²) in [5, 5.41) is 5.04. The van der Waals surface area contributed by atoms with Crippen molar-refractivity contribution in [3.63, 3.8) is 0 Å². The Bertz CT molecular complexity index is 741. The fourth-order valence-electron chi connectivity index (χ4n) is 3.46. The molecule has 1 N–H and O–H groups in total. The molecule has 0 saturated heterocycles. The van der Waals surface area contributed by atoms with E-state index >= 15 is 0 Å². The number of hydrogen-bond acceptors (Lipinski definition) is 3. The lowest BCUT2D eigenvalue weighted by Gasteiger charge is -2.36. The lowest BCUT2D eigenvalue weighted by atomic mass is 9.97. The fraction of sp³-hybridized carbons (Fsp3) is 0.400. The minimum absolute atomic E-state index is 0.115. The van der Waals surface area contributed by atoms with E-state index in [0.29, 0.717) is 12.0 Å². The van der Waals surface area contributed by atoms with E-state index in [9.17, 15) is 9.59 Å². The van der Waals surface area contributed by atoms with E-state index in [1.807, 2.05) is 30.0 Å². The van der Waals surface area contributed by atoms with Gasteiger partial charge in [0.05, 0.1) is 6.04 Å². The van der Waals surface area contributed by atoms with E-state index in [4.69, 9.17) is 0 Å². The van der Waals surface area contributed by atoms with Crippen LogP contribution in [0.15, 0.2) is 41.8 Å². The highest BCUT2D eigenvalue weighted by atomic mass is 32.1. The SMILES string of the molecule is CC[C@@H]1c2ccsc2CCN1C(=O)C[C@@H](C)NC(=O)c1ccccc1. The number of amides is 2. The van der Waals surface area contributed by atoms with Crippen LogP contribution < -0.4 is 5.32 Å². The van der Waals surface area contributed by atoms with Gasteiger partial charge in [0, 0.05) is 29.4 Å². The van der Waals surface area contributed by atoms with Gasteiger partial charge in [-0.05, 0) is 48.9 Å². The van der Waals surface area contributed by atoms with Crippen molar-refractivity contribution in [2.75, 3.05) is 6.54 Å². The number of benzene rings is 1. The Hall–Kier alpha value is -2.14.